The second-order valence-electron chi connectivity index (χ2n) is 7.99. The molecule has 1 fully saturated rings. The van der Waals surface area contributed by atoms with Crippen molar-refractivity contribution in [3.8, 4) is 0 Å². The summed E-state index contributed by atoms with van der Waals surface area (Å²) in [6, 6.07) is 0. The fourth-order valence-corrected chi connectivity index (χ4v) is 4.46. The SMILES string of the molecule is C=C(CCCC(=O)OC)C1=CC2C[C@H](O)[C@@H](C=CCCCCCCO)C2C1. The Hall–Kier alpha value is -1.39. The highest BCUT2D eigenvalue weighted by Crippen LogP contribution is 2.49. The molecule has 2 N–H and O–H groups in total. The van der Waals surface area contributed by atoms with Crippen molar-refractivity contribution in [1.82, 2.24) is 0 Å². The summed E-state index contributed by atoms with van der Waals surface area (Å²) >= 11 is 0. The van der Waals surface area contributed by atoms with Gasteiger partial charge < -0.3 is 14.9 Å². The molecule has 2 rings (SSSR count). The van der Waals surface area contributed by atoms with Crippen LogP contribution in [-0.2, 0) is 9.53 Å². The number of fused-ring (bicyclic) bond motifs is 1. The molecule has 2 aliphatic carbocycles. The maximum absolute atomic E-state index is 11.2. The Morgan fingerprint density at radius 3 is 2.78 bits per heavy atom. The summed E-state index contributed by atoms with van der Waals surface area (Å²) in [5.41, 5.74) is 2.46. The minimum absolute atomic E-state index is 0.162. The quantitative estimate of drug-likeness (QED) is 0.302. The monoisotopic (exact) mass is 376 g/mol. The Morgan fingerprint density at radius 2 is 2.04 bits per heavy atom. The third-order valence-corrected chi connectivity index (χ3v) is 6.05. The molecule has 0 aliphatic heterocycles. The molecule has 4 heteroatoms. The zero-order valence-corrected chi connectivity index (χ0v) is 16.7. The Balaban J connectivity index is 1.76. The largest absolute Gasteiger partial charge is 0.469 e. The fraction of sp³-hybridized carbons (Fsp3) is 0.696. The van der Waals surface area contributed by atoms with E-state index in [-0.39, 0.29) is 24.6 Å². The molecule has 2 aliphatic rings. The van der Waals surface area contributed by atoms with Crippen LogP contribution in [0, 0.1) is 17.8 Å². The lowest BCUT2D eigenvalue weighted by atomic mass is 9.88. The van der Waals surface area contributed by atoms with Gasteiger partial charge in [-0.15, -0.1) is 0 Å². The average Bonchev–Trinajstić information content (AvgIpc) is 3.18. The van der Waals surface area contributed by atoms with Gasteiger partial charge in [-0.1, -0.05) is 43.2 Å². The molecular weight excluding hydrogens is 340 g/mol. The minimum Gasteiger partial charge on any atom is -0.469 e. The first-order chi connectivity index (χ1) is 13.1. The van der Waals surface area contributed by atoms with E-state index in [0.717, 1.165) is 63.4 Å². The molecular formula is C23H36O4. The predicted octanol–water partition coefficient (Wildman–Crippen LogP) is 4.33. The highest BCUT2D eigenvalue weighted by Gasteiger charge is 2.43. The minimum atomic E-state index is -0.240. The van der Waals surface area contributed by atoms with Crippen LogP contribution in [0.1, 0.15) is 64.2 Å². The molecule has 1 saturated carbocycles. The standard InChI is InChI=1S/C23H36O4/c1-17(10-9-12-23(26)27-2)18-14-19-16-22(25)20(21(19)15-18)11-7-5-3-4-6-8-13-24/h7,11,14,19-22,24-25H,1,3-6,8-10,12-13,15-16H2,2H3/t19?,20-,21?,22-/m0/s1. The lowest BCUT2D eigenvalue weighted by molar-refractivity contribution is -0.140. The highest BCUT2D eigenvalue weighted by atomic mass is 16.5. The van der Waals surface area contributed by atoms with E-state index in [0.29, 0.717) is 18.3 Å². The molecule has 4 atom stereocenters. The maximum Gasteiger partial charge on any atom is 0.305 e. The third-order valence-electron chi connectivity index (χ3n) is 6.05. The van der Waals surface area contributed by atoms with Crippen LogP contribution in [0.4, 0.5) is 0 Å². The predicted molar refractivity (Wildman–Crippen MR) is 108 cm³/mol. The number of esters is 1. The van der Waals surface area contributed by atoms with Crippen LogP contribution in [0.3, 0.4) is 0 Å². The van der Waals surface area contributed by atoms with Gasteiger partial charge in [0, 0.05) is 18.9 Å². The molecule has 4 nitrogen and oxygen atoms in total. The van der Waals surface area contributed by atoms with Crippen molar-refractivity contribution in [2.75, 3.05) is 13.7 Å². The van der Waals surface area contributed by atoms with Crippen LogP contribution in [0.5, 0.6) is 0 Å². The summed E-state index contributed by atoms with van der Waals surface area (Å²) in [5.74, 6) is 1.01. The second kappa shape index (κ2) is 11.5. The number of unbranched alkanes of at least 4 members (excludes halogenated alkanes) is 4. The van der Waals surface area contributed by atoms with Gasteiger partial charge in [0.25, 0.3) is 0 Å². The van der Waals surface area contributed by atoms with E-state index in [9.17, 15) is 9.90 Å². The maximum atomic E-state index is 11.2. The van der Waals surface area contributed by atoms with Gasteiger partial charge in [0.15, 0.2) is 0 Å². The average molecular weight is 377 g/mol. The first-order valence-electron chi connectivity index (χ1n) is 10.5. The van der Waals surface area contributed by atoms with E-state index < -0.39 is 0 Å². The lowest BCUT2D eigenvalue weighted by Crippen LogP contribution is -2.17. The van der Waals surface area contributed by atoms with Gasteiger partial charge in [0.1, 0.15) is 0 Å². The van der Waals surface area contributed by atoms with Crippen molar-refractivity contribution in [3.63, 3.8) is 0 Å². The van der Waals surface area contributed by atoms with Gasteiger partial charge in [-0.3, -0.25) is 4.79 Å². The van der Waals surface area contributed by atoms with Crippen LogP contribution < -0.4 is 0 Å². The Labute approximate surface area is 164 Å². The summed E-state index contributed by atoms with van der Waals surface area (Å²) in [7, 11) is 1.42. The molecule has 0 saturated heterocycles. The van der Waals surface area contributed by atoms with E-state index in [1.807, 2.05) is 0 Å². The number of hydrogen-bond donors (Lipinski definition) is 2. The van der Waals surface area contributed by atoms with E-state index in [2.05, 4.69) is 29.5 Å². The summed E-state index contributed by atoms with van der Waals surface area (Å²) < 4.78 is 4.69. The number of hydrogen-bond acceptors (Lipinski definition) is 4. The molecule has 0 aromatic carbocycles. The van der Waals surface area contributed by atoms with Crippen molar-refractivity contribution in [1.29, 1.82) is 0 Å². The van der Waals surface area contributed by atoms with Crippen LogP contribution in [-0.4, -0.2) is 36.0 Å². The molecule has 0 spiro atoms. The summed E-state index contributed by atoms with van der Waals surface area (Å²) in [5, 5.41) is 19.2. The van der Waals surface area contributed by atoms with Crippen molar-refractivity contribution in [2.24, 2.45) is 17.8 Å². The molecule has 0 heterocycles. The van der Waals surface area contributed by atoms with Gasteiger partial charge in [0.05, 0.1) is 13.2 Å². The fourth-order valence-electron chi connectivity index (χ4n) is 4.46. The molecule has 0 aromatic heterocycles. The van der Waals surface area contributed by atoms with Gasteiger partial charge in [-0.25, -0.2) is 0 Å². The number of carbonyl (C=O) groups excluding carboxylic acids is 1. The van der Waals surface area contributed by atoms with Crippen molar-refractivity contribution < 1.29 is 19.7 Å². The van der Waals surface area contributed by atoms with Gasteiger partial charge in [-0.2, -0.15) is 0 Å². The number of rotatable bonds is 12. The molecule has 2 unspecified atom stereocenters. The number of aliphatic hydroxyl groups is 2. The topological polar surface area (TPSA) is 66.8 Å². The Morgan fingerprint density at radius 1 is 1.26 bits per heavy atom. The molecule has 0 radical (unpaired) electrons. The molecule has 0 amide bonds. The van der Waals surface area contributed by atoms with Gasteiger partial charge in [-0.05, 0) is 62.4 Å². The van der Waals surface area contributed by atoms with Gasteiger partial charge in [0.2, 0.25) is 0 Å². The smallest absolute Gasteiger partial charge is 0.305 e. The van der Waals surface area contributed by atoms with E-state index in [1.54, 1.807) is 0 Å². The number of aliphatic hydroxyl groups excluding tert-OH is 2. The highest BCUT2D eigenvalue weighted by molar-refractivity contribution is 5.69. The number of carbonyl (C=O) groups is 1. The van der Waals surface area contributed by atoms with Crippen LogP contribution in [0.2, 0.25) is 0 Å². The van der Waals surface area contributed by atoms with Crippen molar-refractivity contribution >= 4 is 5.97 Å². The Bertz CT molecular complexity index is 549. The third kappa shape index (κ3) is 6.62. The van der Waals surface area contributed by atoms with E-state index in [4.69, 9.17) is 5.11 Å². The first kappa shape index (κ1) is 21.9. The van der Waals surface area contributed by atoms with Crippen LogP contribution in [0.15, 0.2) is 36.0 Å². The molecule has 27 heavy (non-hydrogen) atoms. The van der Waals surface area contributed by atoms with Crippen LogP contribution in [0.25, 0.3) is 0 Å². The number of ether oxygens (including phenoxy) is 1. The van der Waals surface area contributed by atoms with Crippen molar-refractivity contribution in [2.45, 2.75) is 70.3 Å². The van der Waals surface area contributed by atoms with Crippen LogP contribution >= 0.6 is 0 Å². The number of allylic oxidation sites excluding steroid dienone is 4. The second-order valence-corrected chi connectivity index (χ2v) is 7.99. The first-order valence-corrected chi connectivity index (χ1v) is 10.5. The molecule has 0 bridgehead atoms. The van der Waals surface area contributed by atoms with E-state index in [1.165, 1.54) is 12.7 Å². The van der Waals surface area contributed by atoms with Crippen molar-refractivity contribution in [3.05, 3.63) is 36.0 Å². The van der Waals surface area contributed by atoms with Gasteiger partial charge >= 0.3 is 5.97 Å². The summed E-state index contributed by atoms with van der Waals surface area (Å²) in [4.78, 5) is 11.2. The summed E-state index contributed by atoms with van der Waals surface area (Å²) in [6.45, 7) is 4.51. The Kier molecular flexibility index (Phi) is 9.29. The molecule has 0 aromatic rings. The normalized spacial score (nSPS) is 27.0. The van der Waals surface area contributed by atoms with E-state index >= 15 is 0 Å². The molecule has 152 valence electrons. The zero-order chi connectivity index (χ0) is 19.6. The lowest BCUT2D eigenvalue weighted by Gasteiger charge is -2.18. The zero-order valence-electron chi connectivity index (χ0n) is 16.7. The summed E-state index contributed by atoms with van der Waals surface area (Å²) in [6.07, 6.45) is 15.8. The number of methoxy groups -OCH3 is 1.